The Hall–Kier alpha value is -1.80. The maximum Gasteiger partial charge on any atom is 0.545 e. The molecular formula is C20H36O8. The van der Waals surface area contributed by atoms with Gasteiger partial charge in [-0.3, -0.25) is 9.78 Å². The summed E-state index contributed by atoms with van der Waals surface area (Å²) < 4.78 is 9.18. The summed E-state index contributed by atoms with van der Waals surface area (Å²) in [5.41, 5.74) is -1.38. The van der Waals surface area contributed by atoms with Crippen LogP contribution in [0.4, 0.5) is 9.59 Å². The lowest BCUT2D eigenvalue weighted by molar-refractivity contribution is -0.321. The predicted molar refractivity (Wildman–Crippen MR) is 103 cm³/mol. The Morgan fingerprint density at radius 2 is 0.893 bits per heavy atom. The molecule has 0 aromatic carbocycles. The second-order valence-electron chi connectivity index (χ2n) is 10.3. The van der Waals surface area contributed by atoms with Crippen LogP contribution >= 0.6 is 0 Å². The summed E-state index contributed by atoms with van der Waals surface area (Å²) in [6, 6.07) is 0. The van der Waals surface area contributed by atoms with Crippen LogP contribution in [0.3, 0.4) is 0 Å². The van der Waals surface area contributed by atoms with Crippen LogP contribution in [-0.4, -0.2) is 23.5 Å². The number of hydrogen-bond donors (Lipinski definition) is 0. The first-order valence-electron chi connectivity index (χ1n) is 9.19. The van der Waals surface area contributed by atoms with Crippen molar-refractivity contribution in [2.45, 2.75) is 93.3 Å². The van der Waals surface area contributed by atoms with Crippen LogP contribution in [0.5, 0.6) is 0 Å². The van der Waals surface area contributed by atoms with Gasteiger partial charge in [-0.05, 0) is 51.4 Å². The molecule has 0 bridgehead atoms. The fraction of sp³-hybridized carbons (Fsp3) is 0.800. The molecule has 28 heavy (non-hydrogen) atoms. The third-order valence-corrected chi connectivity index (χ3v) is 2.97. The van der Waals surface area contributed by atoms with Crippen molar-refractivity contribution in [3.63, 3.8) is 0 Å². The third-order valence-electron chi connectivity index (χ3n) is 2.97. The monoisotopic (exact) mass is 404 g/mol. The van der Waals surface area contributed by atoms with Crippen molar-refractivity contribution in [3.8, 4) is 0 Å². The van der Waals surface area contributed by atoms with E-state index < -0.39 is 23.5 Å². The number of hydrogen-bond acceptors (Lipinski definition) is 8. The van der Waals surface area contributed by atoms with Gasteiger partial charge in [-0.1, -0.05) is 41.5 Å². The fourth-order valence-electron chi connectivity index (χ4n) is 3.11. The first-order valence-corrected chi connectivity index (χ1v) is 9.19. The van der Waals surface area contributed by atoms with Crippen molar-refractivity contribution in [1.29, 1.82) is 0 Å². The van der Waals surface area contributed by atoms with E-state index in [1.165, 1.54) is 0 Å². The van der Waals surface area contributed by atoms with E-state index in [1.807, 2.05) is 41.5 Å². The van der Waals surface area contributed by atoms with Gasteiger partial charge in [-0.25, -0.2) is 9.59 Å². The molecule has 0 N–H and O–H groups in total. The fourth-order valence-corrected chi connectivity index (χ4v) is 3.11. The first kappa shape index (κ1) is 26.2. The van der Waals surface area contributed by atoms with Gasteiger partial charge in [0, 0.05) is 0 Å². The van der Waals surface area contributed by atoms with Gasteiger partial charge in [0.05, 0.1) is 0 Å². The molecule has 0 rings (SSSR count). The molecule has 0 radical (unpaired) electrons. The quantitative estimate of drug-likeness (QED) is 0.209. The second kappa shape index (κ2) is 10.1. The van der Waals surface area contributed by atoms with Crippen LogP contribution in [0.25, 0.3) is 0 Å². The minimum atomic E-state index is -1.10. The Morgan fingerprint density at radius 3 is 1.14 bits per heavy atom. The maximum absolute atomic E-state index is 11.5. The van der Waals surface area contributed by atoms with Gasteiger partial charge < -0.3 is 9.47 Å². The van der Waals surface area contributed by atoms with Crippen molar-refractivity contribution in [3.05, 3.63) is 12.5 Å². The van der Waals surface area contributed by atoms with Gasteiger partial charge in [0.2, 0.25) is 0 Å². The van der Waals surface area contributed by atoms with Gasteiger partial charge in [-0.2, -0.15) is 9.78 Å². The van der Waals surface area contributed by atoms with E-state index in [0.717, 1.165) is 12.5 Å². The molecule has 0 spiro atoms. The lowest BCUT2D eigenvalue weighted by Gasteiger charge is -2.30. The smallest absolute Gasteiger partial charge is 0.398 e. The molecule has 0 aromatic heterocycles. The third kappa shape index (κ3) is 15.3. The summed E-state index contributed by atoms with van der Waals surface area (Å²) in [5, 5.41) is 0. The molecule has 0 aliphatic carbocycles. The molecule has 0 fully saturated rings. The topological polar surface area (TPSA) is 89.5 Å². The van der Waals surface area contributed by atoms with E-state index in [1.54, 1.807) is 27.7 Å². The van der Waals surface area contributed by atoms with Gasteiger partial charge in [0.15, 0.2) is 0 Å². The summed E-state index contributed by atoms with van der Waals surface area (Å²) in [6.45, 7) is 19.4. The van der Waals surface area contributed by atoms with Crippen LogP contribution in [0.2, 0.25) is 0 Å². The molecular weight excluding hydrogens is 368 g/mol. The highest BCUT2D eigenvalue weighted by atomic mass is 17.2. The van der Waals surface area contributed by atoms with Crippen molar-refractivity contribution in [2.75, 3.05) is 0 Å². The normalized spacial score (nSPS) is 13.4. The van der Waals surface area contributed by atoms with E-state index in [9.17, 15) is 9.59 Å². The highest BCUT2D eigenvalue weighted by molar-refractivity contribution is 5.61. The zero-order valence-electron chi connectivity index (χ0n) is 18.8. The van der Waals surface area contributed by atoms with Crippen LogP contribution in [0.15, 0.2) is 12.5 Å². The minimum Gasteiger partial charge on any atom is -0.398 e. The molecule has 8 heteroatoms. The summed E-state index contributed by atoms with van der Waals surface area (Å²) in [5.74, 6) is 0. The zero-order valence-corrected chi connectivity index (χ0v) is 18.8. The molecule has 0 atom stereocenters. The van der Waals surface area contributed by atoms with E-state index >= 15 is 0 Å². The predicted octanol–water partition coefficient (Wildman–Crippen LogP) is 6.06. The standard InChI is InChI=1S/C20H36O8/c1-17(2,3)13-19(7,8)27-25-15(21)23-11-12-24-16(22)26-28-20(9,10)14-18(4,5)6/h11-12H,13-14H2,1-10H3. The molecule has 0 saturated carbocycles. The number of ether oxygens (including phenoxy) is 2. The Morgan fingerprint density at radius 1 is 0.607 bits per heavy atom. The summed E-state index contributed by atoms with van der Waals surface area (Å²) >= 11 is 0. The van der Waals surface area contributed by atoms with Gasteiger partial charge >= 0.3 is 12.3 Å². The largest absolute Gasteiger partial charge is 0.545 e. The van der Waals surface area contributed by atoms with Crippen LogP contribution in [0.1, 0.15) is 82.1 Å². The van der Waals surface area contributed by atoms with Gasteiger partial charge in [-0.15, -0.1) is 0 Å². The molecule has 164 valence electrons. The lowest BCUT2D eigenvalue weighted by atomic mass is 9.84. The van der Waals surface area contributed by atoms with E-state index in [4.69, 9.17) is 9.78 Å². The Labute approximate surface area is 168 Å². The van der Waals surface area contributed by atoms with Crippen LogP contribution in [-0.2, 0) is 29.0 Å². The van der Waals surface area contributed by atoms with Crippen molar-refractivity contribution >= 4 is 12.3 Å². The second-order valence-corrected chi connectivity index (χ2v) is 10.3. The van der Waals surface area contributed by atoms with Crippen molar-refractivity contribution in [1.82, 2.24) is 0 Å². The highest BCUT2D eigenvalue weighted by Gasteiger charge is 2.30. The van der Waals surface area contributed by atoms with Gasteiger partial charge in [0.25, 0.3) is 0 Å². The zero-order chi connectivity index (χ0) is 22.2. The molecule has 0 saturated heterocycles. The van der Waals surface area contributed by atoms with E-state index in [2.05, 4.69) is 19.2 Å². The van der Waals surface area contributed by atoms with E-state index in [-0.39, 0.29) is 10.8 Å². The number of carbonyl (C=O) groups excluding carboxylic acids is 2. The summed E-state index contributed by atoms with van der Waals surface area (Å²) in [4.78, 5) is 42.3. The SMILES string of the molecule is CC(C)(C)CC(C)(C)OOC(=O)OC=COC(=O)OOC(C)(C)CC(C)(C)C. The van der Waals surface area contributed by atoms with Crippen LogP contribution in [0, 0.1) is 10.8 Å². The van der Waals surface area contributed by atoms with Crippen molar-refractivity contribution in [2.24, 2.45) is 10.8 Å². The molecule has 0 aromatic rings. The summed E-state index contributed by atoms with van der Waals surface area (Å²) in [7, 11) is 0. The highest BCUT2D eigenvalue weighted by Crippen LogP contribution is 2.30. The number of rotatable bonds is 8. The van der Waals surface area contributed by atoms with Gasteiger partial charge in [0.1, 0.15) is 23.7 Å². The molecule has 8 nitrogen and oxygen atoms in total. The molecule has 0 aliphatic heterocycles. The average Bonchev–Trinajstić information content (AvgIpc) is 2.43. The average molecular weight is 405 g/mol. The van der Waals surface area contributed by atoms with Crippen molar-refractivity contribution < 1.29 is 38.6 Å². The summed E-state index contributed by atoms with van der Waals surface area (Å²) in [6.07, 6.45) is 0.761. The minimum absolute atomic E-state index is 0.00557. The lowest BCUT2D eigenvalue weighted by Crippen LogP contribution is -2.31. The maximum atomic E-state index is 11.5. The Balaban J connectivity index is 4.17. The molecule has 0 unspecified atom stereocenters. The van der Waals surface area contributed by atoms with Crippen LogP contribution < -0.4 is 0 Å². The Bertz CT molecular complexity index is 487. The van der Waals surface area contributed by atoms with E-state index in [0.29, 0.717) is 12.8 Å². The molecule has 0 aliphatic rings. The first-order chi connectivity index (χ1) is 12.4. The number of carbonyl (C=O) groups is 2. The Kier molecular flexibility index (Phi) is 9.46. The molecule has 0 amide bonds. The molecule has 0 heterocycles.